The number of benzene rings is 2. The van der Waals surface area contributed by atoms with Gasteiger partial charge >= 0.3 is 12.3 Å². The predicted octanol–water partition coefficient (Wildman–Crippen LogP) is 6.45. The van der Waals surface area contributed by atoms with Gasteiger partial charge in [-0.1, -0.05) is 29.3 Å². The predicted molar refractivity (Wildman–Crippen MR) is 130 cm³/mol. The normalized spacial score (nSPS) is 15.4. The molecule has 0 spiro atoms. The van der Waals surface area contributed by atoms with Crippen LogP contribution in [0.1, 0.15) is 39.9 Å². The first-order valence-electron chi connectivity index (χ1n) is 11.2. The van der Waals surface area contributed by atoms with E-state index in [1.54, 1.807) is 26.0 Å². The highest BCUT2D eigenvalue weighted by Crippen LogP contribution is 2.35. The molecule has 2 heterocycles. The molecule has 192 valence electrons. The number of carbonyl (C=O) groups is 2. The van der Waals surface area contributed by atoms with Gasteiger partial charge < -0.3 is 9.84 Å². The molecule has 0 saturated carbocycles. The van der Waals surface area contributed by atoms with E-state index in [9.17, 15) is 27.9 Å². The second-order valence-electron chi connectivity index (χ2n) is 8.96. The molecule has 0 amide bonds. The third-order valence-electron chi connectivity index (χ3n) is 6.43. The largest absolute Gasteiger partial charge is 0.573 e. The van der Waals surface area contributed by atoms with E-state index in [4.69, 9.17) is 23.2 Å². The van der Waals surface area contributed by atoms with Gasteiger partial charge in [-0.15, -0.1) is 13.2 Å². The Balaban J connectivity index is 1.67. The van der Waals surface area contributed by atoms with Crippen molar-refractivity contribution in [3.05, 3.63) is 62.8 Å². The van der Waals surface area contributed by atoms with Gasteiger partial charge in [-0.25, -0.2) is 0 Å². The molecule has 6 nitrogen and oxygen atoms in total. The minimum atomic E-state index is -4.84. The molecule has 0 atom stereocenters. The fourth-order valence-corrected chi connectivity index (χ4v) is 5.25. The molecule has 4 rings (SSSR count). The van der Waals surface area contributed by atoms with Gasteiger partial charge in [0.05, 0.1) is 27.0 Å². The quantitative estimate of drug-likeness (QED) is 0.401. The van der Waals surface area contributed by atoms with Crippen molar-refractivity contribution >= 4 is 46.0 Å². The van der Waals surface area contributed by atoms with Gasteiger partial charge in [0.15, 0.2) is 0 Å². The van der Waals surface area contributed by atoms with Crippen molar-refractivity contribution in [3.8, 4) is 5.75 Å². The molecule has 0 aliphatic carbocycles. The van der Waals surface area contributed by atoms with Crippen LogP contribution in [-0.2, 0) is 11.3 Å². The first kappa shape index (κ1) is 26.3. The summed E-state index contributed by atoms with van der Waals surface area (Å²) in [6.45, 7) is 4.87. The number of nitrogens with zero attached hydrogens (tertiary/aromatic N) is 2. The third kappa shape index (κ3) is 5.33. The average molecular weight is 543 g/mol. The first-order valence-corrected chi connectivity index (χ1v) is 12.0. The number of alkyl halides is 3. The molecule has 36 heavy (non-hydrogen) atoms. The Hall–Kier alpha value is -2.75. The number of aryl methyl sites for hydroxylation is 2. The zero-order valence-corrected chi connectivity index (χ0v) is 21.0. The minimum Gasteiger partial charge on any atom is -0.481 e. The van der Waals surface area contributed by atoms with E-state index >= 15 is 0 Å². The Morgan fingerprint density at radius 1 is 1.11 bits per heavy atom. The van der Waals surface area contributed by atoms with E-state index in [-0.39, 0.29) is 27.3 Å². The number of carboxylic acids is 1. The van der Waals surface area contributed by atoms with Gasteiger partial charge in [0, 0.05) is 18.1 Å². The number of aromatic nitrogens is 1. The second kappa shape index (κ2) is 9.95. The van der Waals surface area contributed by atoms with Crippen LogP contribution < -0.4 is 4.74 Å². The van der Waals surface area contributed by atoms with Crippen LogP contribution in [0.15, 0.2) is 30.5 Å². The number of likely N-dealkylation sites (tertiary alicyclic amines) is 1. The molecule has 1 saturated heterocycles. The molecule has 0 unspecified atom stereocenters. The zero-order valence-electron chi connectivity index (χ0n) is 19.5. The molecule has 1 aliphatic heterocycles. The lowest BCUT2D eigenvalue weighted by Gasteiger charge is -2.30. The molecule has 1 aromatic heterocycles. The molecule has 0 bridgehead atoms. The Morgan fingerprint density at radius 2 is 1.78 bits per heavy atom. The van der Waals surface area contributed by atoms with Crippen molar-refractivity contribution in [1.29, 1.82) is 0 Å². The van der Waals surface area contributed by atoms with Crippen molar-refractivity contribution in [1.82, 2.24) is 9.47 Å². The summed E-state index contributed by atoms with van der Waals surface area (Å²) < 4.78 is 43.6. The number of hydrogen-bond acceptors (Lipinski definition) is 4. The molecule has 1 N–H and O–H groups in total. The van der Waals surface area contributed by atoms with Crippen molar-refractivity contribution in [2.24, 2.45) is 5.92 Å². The molecule has 11 heteroatoms. The fourth-order valence-electron chi connectivity index (χ4n) is 4.66. The highest BCUT2D eigenvalue weighted by Gasteiger charge is 2.32. The van der Waals surface area contributed by atoms with E-state index in [1.165, 1.54) is 22.9 Å². The van der Waals surface area contributed by atoms with Gasteiger partial charge in [0.1, 0.15) is 5.75 Å². The van der Waals surface area contributed by atoms with Crippen LogP contribution in [0.2, 0.25) is 10.0 Å². The van der Waals surface area contributed by atoms with Gasteiger partial charge in [-0.2, -0.15) is 0 Å². The van der Waals surface area contributed by atoms with E-state index in [0.29, 0.717) is 60.1 Å². The van der Waals surface area contributed by atoms with Gasteiger partial charge in [-0.3, -0.25) is 19.1 Å². The highest BCUT2D eigenvalue weighted by atomic mass is 35.5. The molecule has 1 aliphatic rings. The highest BCUT2D eigenvalue weighted by molar-refractivity contribution is 6.40. The Morgan fingerprint density at radius 3 is 2.39 bits per heavy atom. The lowest BCUT2D eigenvalue weighted by molar-refractivity contribution is -0.274. The molecule has 0 radical (unpaired) electrons. The third-order valence-corrected chi connectivity index (χ3v) is 7.18. The average Bonchev–Trinajstić information content (AvgIpc) is 3.12. The van der Waals surface area contributed by atoms with Crippen molar-refractivity contribution in [2.75, 3.05) is 13.1 Å². The molecule has 1 fully saturated rings. The van der Waals surface area contributed by atoms with Gasteiger partial charge in [-0.05, 0) is 74.7 Å². The van der Waals surface area contributed by atoms with E-state index in [1.807, 2.05) is 0 Å². The van der Waals surface area contributed by atoms with E-state index in [0.717, 1.165) is 0 Å². The number of carbonyl (C=O) groups excluding carboxylic acids is 1. The van der Waals surface area contributed by atoms with Crippen molar-refractivity contribution in [3.63, 3.8) is 0 Å². The summed E-state index contributed by atoms with van der Waals surface area (Å²) in [4.78, 5) is 26.9. The van der Waals surface area contributed by atoms with Crippen LogP contribution in [0.5, 0.6) is 5.75 Å². The molecule has 2 aromatic carbocycles. The number of fused-ring (bicyclic) bond motifs is 1. The summed E-state index contributed by atoms with van der Waals surface area (Å²) in [7, 11) is 0. The summed E-state index contributed by atoms with van der Waals surface area (Å²) >= 11 is 13.1. The van der Waals surface area contributed by atoms with Crippen molar-refractivity contribution < 1.29 is 32.6 Å². The number of piperidine rings is 1. The molecular weight excluding hydrogens is 520 g/mol. The van der Waals surface area contributed by atoms with Crippen molar-refractivity contribution in [2.45, 2.75) is 39.6 Å². The smallest absolute Gasteiger partial charge is 0.481 e. The maximum absolute atomic E-state index is 13.6. The van der Waals surface area contributed by atoms with E-state index in [2.05, 4.69) is 9.64 Å². The minimum absolute atomic E-state index is 0.0863. The second-order valence-corrected chi connectivity index (χ2v) is 9.74. The number of aliphatic carboxylic acids is 1. The summed E-state index contributed by atoms with van der Waals surface area (Å²) in [6, 6.07) is 5.78. The SMILES string of the molecule is Cc1cn(C(=O)c2c(Cl)ccc(CN3CCC(C(=O)O)CC3)c2Cl)c2c(C)cc(OC(F)(F)F)cc12. The van der Waals surface area contributed by atoms with Crippen LogP contribution in [0.3, 0.4) is 0 Å². The Kier molecular flexibility index (Phi) is 7.28. The van der Waals surface area contributed by atoms with Crippen LogP contribution >= 0.6 is 23.2 Å². The lowest BCUT2D eigenvalue weighted by atomic mass is 9.96. The Labute approximate surface area is 215 Å². The maximum Gasteiger partial charge on any atom is 0.573 e. The molecule has 3 aromatic rings. The number of rotatable bonds is 5. The lowest BCUT2D eigenvalue weighted by Crippen LogP contribution is -2.36. The van der Waals surface area contributed by atoms with Gasteiger partial charge in [0.25, 0.3) is 5.91 Å². The molecular formula is C25H23Cl2F3N2O4. The van der Waals surface area contributed by atoms with Gasteiger partial charge in [0.2, 0.25) is 0 Å². The summed E-state index contributed by atoms with van der Waals surface area (Å²) in [5.41, 5.74) is 2.18. The summed E-state index contributed by atoms with van der Waals surface area (Å²) in [6.07, 6.45) is -2.25. The van der Waals surface area contributed by atoms with Crippen LogP contribution in [-0.4, -0.2) is 45.9 Å². The number of carboxylic acid groups (broad SMARTS) is 1. The van der Waals surface area contributed by atoms with Crippen LogP contribution in [0, 0.1) is 19.8 Å². The zero-order chi connectivity index (χ0) is 26.4. The monoisotopic (exact) mass is 542 g/mol. The maximum atomic E-state index is 13.6. The topological polar surface area (TPSA) is 71.8 Å². The van der Waals surface area contributed by atoms with Crippen LogP contribution in [0.4, 0.5) is 13.2 Å². The standard InChI is InChI=1S/C25H23Cl2F3N2O4/c1-13-9-17(36-25(28,29)30)10-18-14(2)11-32(22(13)18)23(33)20-19(26)4-3-16(21(20)27)12-31-7-5-15(6-8-31)24(34)35/h3-4,9-11,15H,5-8,12H2,1-2H3,(H,34,35). The number of hydrogen-bond donors (Lipinski definition) is 1. The van der Waals surface area contributed by atoms with Crippen LogP contribution in [0.25, 0.3) is 10.9 Å². The summed E-state index contributed by atoms with van der Waals surface area (Å²) in [5.74, 6) is -2.05. The number of halogens is 5. The summed E-state index contributed by atoms with van der Waals surface area (Å²) in [5, 5.41) is 9.97. The number of ether oxygens (including phenoxy) is 1. The van der Waals surface area contributed by atoms with E-state index < -0.39 is 18.2 Å². The Bertz CT molecular complexity index is 1350. The first-order chi connectivity index (χ1) is 16.9. The fraction of sp³-hybridized carbons (Fsp3) is 0.360.